The molecule has 6 heteroatoms. The Hall–Kier alpha value is -2.08. The molecule has 2 atom stereocenters. The predicted molar refractivity (Wildman–Crippen MR) is 76.4 cm³/mol. The summed E-state index contributed by atoms with van der Waals surface area (Å²) in [5.41, 5.74) is 7.65. The average molecular weight is 274 g/mol. The van der Waals surface area contributed by atoms with Gasteiger partial charge >= 0.3 is 0 Å². The molecule has 0 aliphatic carbocycles. The van der Waals surface area contributed by atoms with Crippen LogP contribution in [0.2, 0.25) is 0 Å². The maximum Gasteiger partial charge on any atom is 0.275 e. The van der Waals surface area contributed by atoms with Crippen molar-refractivity contribution >= 4 is 22.5 Å². The molecular formula is C14H18N4O2. The quantitative estimate of drug-likeness (QED) is 0.770. The van der Waals surface area contributed by atoms with Crippen LogP contribution in [0.1, 0.15) is 24.3 Å². The van der Waals surface area contributed by atoms with E-state index in [-0.39, 0.29) is 18.1 Å². The predicted octanol–water partition coefficient (Wildman–Crippen LogP) is 1.39. The fourth-order valence-electron chi connectivity index (χ4n) is 2.69. The number of nitrogens with two attached hydrogens (primary N) is 1. The van der Waals surface area contributed by atoms with Crippen molar-refractivity contribution in [3.05, 3.63) is 23.9 Å². The van der Waals surface area contributed by atoms with Crippen LogP contribution in [0.5, 0.6) is 0 Å². The SMILES string of the molecule is CC1CN(C(=O)c2n[nH]c3ccc(N)cc23)CC(C)O1. The number of hydrogen-bond acceptors (Lipinski definition) is 4. The van der Waals surface area contributed by atoms with Gasteiger partial charge < -0.3 is 15.4 Å². The minimum Gasteiger partial charge on any atom is -0.399 e. The Kier molecular flexibility index (Phi) is 3.10. The summed E-state index contributed by atoms with van der Waals surface area (Å²) in [7, 11) is 0. The molecule has 0 bridgehead atoms. The Morgan fingerprint density at radius 1 is 1.40 bits per heavy atom. The minimum atomic E-state index is -0.0798. The molecule has 2 heterocycles. The molecule has 0 saturated carbocycles. The first-order chi connectivity index (χ1) is 9.54. The standard InChI is InChI=1S/C14H18N4O2/c1-8-6-18(7-9(2)20-8)14(19)13-11-5-10(15)3-4-12(11)16-17-13/h3-5,8-9H,6-7,15H2,1-2H3,(H,16,17). The highest BCUT2D eigenvalue weighted by molar-refractivity contribution is 6.05. The highest BCUT2D eigenvalue weighted by Crippen LogP contribution is 2.21. The Labute approximate surface area is 116 Å². The van der Waals surface area contributed by atoms with Gasteiger partial charge in [-0.1, -0.05) is 0 Å². The van der Waals surface area contributed by atoms with E-state index in [0.29, 0.717) is 24.5 Å². The number of rotatable bonds is 1. The number of aromatic amines is 1. The second-order valence-electron chi connectivity index (χ2n) is 5.34. The molecule has 0 spiro atoms. The van der Waals surface area contributed by atoms with E-state index in [1.54, 1.807) is 17.0 Å². The van der Waals surface area contributed by atoms with Crippen molar-refractivity contribution in [3.63, 3.8) is 0 Å². The van der Waals surface area contributed by atoms with Gasteiger partial charge in [0.25, 0.3) is 5.91 Å². The minimum absolute atomic E-state index is 0.0398. The molecule has 1 fully saturated rings. The summed E-state index contributed by atoms with van der Waals surface area (Å²) in [4.78, 5) is 14.4. The number of fused-ring (bicyclic) bond motifs is 1. The first-order valence-corrected chi connectivity index (χ1v) is 6.73. The zero-order valence-corrected chi connectivity index (χ0v) is 11.6. The lowest BCUT2D eigenvalue weighted by Crippen LogP contribution is -2.48. The number of carbonyl (C=O) groups excluding carboxylic acids is 1. The van der Waals surface area contributed by atoms with E-state index < -0.39 is 0 Å². The van der Waals surface area contributed by atoms with Crippen molar-refractivity contribution in [2.45, 2.75) is 26.1 Å². The first kappa shape index (κ1) is 12.9. The van der Waals surface area contributed by atoms with Crippen LogP contribution in [-0.4, -0.2) is 46.3 Å². The van der Waals surface area contributed by atoms with Crippen LogP contribution < -0.4 is 5.73 Å². The number of nitrogens with one attached hydrogen (secondary N) is 1. The Bertz CT molecular complexity index is 642. The smallest absolute Gasteiger partial charge is 0.275 e. The van der Waals surface area contributed by atoms with Crippen LogP contribution in [0, 0.1) is 0 Å². The maximum absolute atomic E-state index is 12.6. The fourth-order valence-corrected chi connectivity index (χ4v) is 2.69. The number of benzene rings is 1. The van der Waals surface area contributed by atoms with Crippen LogP contribution >= 0.6 is 0 Å². The number of ether oxygens (including phenoxy) is 1. The van der Waals surface area contributed by atoms with Crippen molar-refractivity contribution in [3.8, 4) is 0 Å². The van der Waals surface area contributed by atoms with Gasteiger partial charge in [0.1, 0.15) is 0 Å². The number of nitrogen functional groups attached to an aromatic ring is 1. The summed E-state index contributed by atoms with van der Waals surface area (Å²) in [6, 6.07) is 5.39. The summed E-state index contributed by atoms with van der Waals surface area (Å²) in [6.07, 6.45) is 0.0796. The molecule has 1 aliphatic rings. The molecular weight excluding hydrogens is 256 g/mol. The molecule has 6 nitrogen and oxygen atoms in total. The van der Waals surface area contributed by atoms with Gasteiger partial charge in [-0.2, -0.15) is 5.10 Å². The topological polar surface area (TPSA) is 84.2 Å². The van der Waals surface area contributed by atoms with Crippen LogP contribution in [-0.2, 0) is 4.74 Å². The molecule has 1 aromatic heterocycles. The third-order valence-corrected chi connectivity index (χ3v) is 3.50. The van der Waals surface area contributed by atoms with Crippen LogP contribution in [0.3, 0.4) is 0 Å². The molecule has 20 heavy (non-hydrogen) atoms. The first-order valence-electron chi connectivity index (χ1n) is 6.73. The largest absolute Gasteiger partial charge is 0.399 e. The normalized spacial score (nSPS) is 23.2. The van der Waals surface area contributed by atoms with Crippen molar-refractivity contribution in [1.29, 1.82) is 0 Å². The molecule has 1 aliphatic heterocycles. The average Bonchev–Trinajstić information content (AvgIpc) is 2.79. The van der Waals surface area contributed by atoms with Crippen LogP contribution in [0.4, 0.5) is 5.69 Å². The van der Waals surface area contributed by atoms with Crippen molar-refractivity contribution in [2.24, 2.45) is 0 Å². The zero-order valence-electron chi connectivity index (χ0n) is 11.6. The van der Waals surface area contributed by atoms with Gasteiger partial charge in [0.15, 0.2) is 5.69 Å². The highest BCUT2D eigenvalue weighted by atomic mass is 16.5. The second-order valence-corrected chi connectivity index (χ2v) is 5.34. The fraction of sp³-hybridized carbons (Fsp3) is 0.429. The molecule has 2 aromatic rings. The Morgan fingerprint density at radius 3 is 2.80 bits per heavy atom. The summed E-state index contributed by atoms with van der Waals surface area (Å²) >= 11 is 0. The van der Waals surface area contributed by atoms with E-state index in [9.17, 15) is 4.79 Å². The number of hydrogen-bond donors (Lipinski definition) is 2. The van der Waals surface area contributed by atoms with Crippen molar-refractivity contribution in [2.75, 3.05) is 18.8 Å². The molecule has 1 aromatic carbocycles. The van der Waals surface area contributed by atoms with Gasteiger partial charge in [-0.05, 0) is 32.0 Å². The van der Waals surface area contributed by atoms with Crippen molar-refractivity contribution < 1.29 is 9.53 Å². The van der Waals surface area contributed by atoms with E-state index >= 15 is 0 Å². The molecule has 3 rings (SSSR count). The lowest BCUT2D eigenvalue weighted by molar-refractivity contribution is -0.0587. The number of H-pyrrole nitrogens is 1. The van der Waals surface area contributed by atoms with Gasteiger partial charge in [-0.3, -0.25) is 9.89 Å². The van der Waals surface area contributed by atoms with Crippen LogP contribution in [0.25, 0.3) is 10.9 Å². The van der Waals surface area contributed by atoms with Gasteiger partial charge in [-0.25, -0.2) is 0 Å². The van der Waals surface area contributed by atoms with E-state index in [4.69, 9.17) is 10.5 Å². The Balaban J connectivity index is 1.94. The number of nitrogens with zero attached hydrogens (tertiary/aromatic N) is 2. The van der Waals surface area contributed by atoms with E-state index in [1.807, 2.05) is 19.9 Å². The number of aromatic nitrogens is 2. The van der Waals surface area contributed by atoms with Gasteiger partial charge in [0.05, 0.1) is 17.7 Å². The molecule has 0 radical (unpaired) electrons. The monoisotopic (exact) mass is 274 g/mol. The highest BCUT2D eigenvalue weighted by Gasteiger charge is 2.28. The van der Waals surface area contributed by atoms with Crippen molar-refractivity contribution in [1.82, 2.24) is 15.1 Å². The van der Waals surface area contributed by atoms with Gasteiger partial charge in [-0.15, -0.1) is 0 Å². The van der Waals surface area contributed by atoms with E-state index in [0.717, 1.165) is 10.9 Å². The zero-order chi connectivity index (χ0) is 14.3. The third-order valence-electron chi connectivity index (χ3n) is 3.50. The Morgan fingerprint density at radius 2 is 2.10 bits per heavy atom. The van der Waals surface area contributed by atoms with Crippen LogP contribution in [0.15, 0.2) is 18.2 Å². The van der Waals surface area contributed by atoms with Gasteiger partial charge in [0.2, 0.25) is 0 Å². The maximum atomic E-state index is 12.6. The van der Waals surface area contributed by atoms with Gasteiger partial charge in [0, 0.05) is 24.2 Å². The second kappa shape index (κ2) is 4.79. The molecule has 2 unspecified atom stereocenters. The van der Waals surface area contributed by atoms with E-state index in [1.165, 1.54) is 0 Å². The summed E-state index contributed by atoms with van der Waals surface area (Å²) in [6.45, 7) is 5.10. The summed E-state index contributed by atoms with van der Waals surface area (Å²) in [5.74, 6) is -0.0798. The molecule has 1 amide bonds. The lowest BCUT2D eigenvalue weighted by Gasteiger charge is -2.34. The number of morpholine rings is 1. The number of amides is 1. The van der Waals surface area contributed by atoms with E-state index in [2.05, 4.69) is 10.2 Å². The number of carbonyl (C=O) groups is 1. The molecule has 3 N–H and O–H groups in total. The lowest BCUT2D eigenvalue weighted by atomic mass is 10.1. The number of anilines is 1. The summed E-state index contributed by atoms with van der Waals surface area (Å²) in [5, 5.41) is 7.79. The third kappa shape index (κ3) is 2.22. The summed E-state index contributed by atoms with van der Waals surface area (Å²) < 4.78 is 5.65. The molecule has 1 saturated heterocycles. The molecule has 106 valence electrons.